The van der Waals surface area contributed by atoms with Gasteiger partial charge in [-0.1, -0.05) is 93.6 Å². The zero-order valence-electron chi connectivity index (χ0n) is 23.0. The lowest BCUT2D eigenvalue weighted by molar-refractivity contribution is -0.143. The Morgan fingerprint density at radius 1 is 0.892 bits per heavy atom. The van der Waals surface area contributed by atoms with Gasteiger partial charge in [0.25, 0.3) is 5.91 Å². The Balaban J connectivity index is 1.95. The maximum absolute atomic E-state index is 13.8. The molecule has 0 aromatic heterocycles. The van der Waals surface area contributed by atoms with Crippen LogP contribution in [0.25, 0.3) is 0 Å². The molecular formula is C32H40N2O3. The number of carbonyl (C=O) groups is 2. The Labute approximate surface area is 221 Å². The van der Waals surface area contributed by atoms with Gasteiger partial charge in [0.05, 0.1) is 0 Å². The number of hydrogen-bond donors (Lipinski definition) is 1. The molecule has 0 aliphatic rings. The smallest absolute Gasteiger partial charge is 0.261 e. The molecule has 5 nitrogen and oxygen atoms in total. The molecular weight excluding hydrogens is 460 g/mol. The van der Waals surface area contributed by atoms with E-state index in [9.17, 15) is 9.59 Å². The van der Waals surface area contributed by atoms with Crippen molar-refractivity contribution in [3.63, 3.8) is 0 Å². The van der Waals surface area contributed by atoms with Crippen LogP contribution in [0, 0.1) is 6.92 Å². The summed E-state index contributed by atoms with van der Waals surface area (Å²) in [6.45, 7) is 12.4. The van der Waals surface area contributed by atoms with E-state index in [1.165, 1.54) is 0 Å². The standard InChI is InChI=1S/C32H40N2O3/c1-23(2)33-31(36)28(20-25-15-8-7-9-16-25)34(21-26-17-11-10-14-24(26)3)30(35)22-37-29-19-13-12-18-27(29)32(4,5)6/h7-19,23,28H,20-22H2,1-6H3,(H,33,36)/t28-/m0/s1. The largest absolute Gasteiger partial charge is 0.483 e. The van der Waals surface area contributed by atoms with Crippen LogP contribution in [0.2, 0.25) is 0 Å². The minimum absolute atomic E-state index is 0.0453. The highest BCUT2D eigenvalue weighted by Crippen LogP contribution is 2.31. The maximum atomic E-state index is 13.8. The zero-order valence-corrected chi connectivity index (χ0v) is 23.0. The van der Waals surface area contributed by atoms with Crippen molar-refractivity contribution in [1.29, 1.82) is 0 Å². The van der Waals surface area contributed by atoms with Crippen molar-refractivity contribution in [3.05, 3.63) is 101 Å². The molecule has 0 radical (unpaired) electrons. The summed E-state index contributed by atoms with van der Waals surface area (Å²) in [5.74, 6) is 0.285. The molecule has 3 rings (SSSR count). The Morgan fingerprint density at radius 3 is 2.16 bits per heavy atom. The van der Waals surface area contributed by atoms with E-state index >= 15 is 0 Å². The van der Waals surface area contributed by atoms with E-state index in [1.54, 1.807) is 4.90 Å². The summed E-state index contributed by atoms with van der Waals surface area (Å²) in [6.07, 6.45) is 0.412. The number of nitrogens with zero attached hydrogens (tertiary/aromatic N) is 1. The molecule has 0 unspecified atom stereocenters. The summed E-state index contributed by atoms with van der Waals surface area (Å²) in [4.78, 5) is 29.0. The average molecular weight is 501 g/mol. The average Bonchev–Trinajstić information content (AvgIpc) is 2.85. The summed E-state index contributed by atoms with van der Waals surface area (Å²) in [6, 6.07) is 24.9. The molecule has 3 aromatic carbocycles. The molecule has 0 saturated heterocycles. The number of hydrogen-bond acceptors (Lipinski definition) is 3. The van der Waals surface area contributed by atoms with E-state index in [-0.39, 0.29) is 29.9 Å². The molecule has 0 bridgehead atoms. The minimum Gasteiger partial charge on any atom is -0.483 e. The van der Waals surface area contributed by atoms with Gasteiger partial charge in [-0.15, -0.1) is 0 Å². The highest BCUT2D eigenvalue weighted by molar-refractivity contribution is 5.88. The molecule has 0 aliphatic carbocycles. The number of aryl methyl sites for hydroxylation is 1. The van der Waals surface area contributed by atoms with Crippen LogP contribution < -0.4 is 10.1 Å². The first-order valence-electron chi connectivity index (χ1n) is 13.0. The number of benzene rings is 3. The second-order valence-electron chi connectivity index (χ2n) is 10.9. The van der Waals surface area contributed by atoms with E-state index < -0.39 is 6.04 Å². The molecule has 2 amide bonds. The second kappa shape index (κ2) is 12.6. The van der Waals surface area contributed by atoms with Crippen molar-refractivity contribution >= 4 is 11.8 Å². The first-order chi connectivity index (χ1) is 17.6. The van der Waals surface area contributed by atoms with E-state index in [0.717, 1.165) is 22.3 Å². The lowest BCUT2D eigenvalue weighted by atomic mass is 9.86. The number of nitrogens with one attached hydrogen (secondary N) is 1. The molecule has 0 fully saturated rings. The third-order valence-corrected chi connectivity index (χ3v) is 6.35. The third-order valence-electron chi connectivity index (χ3n) is 6.35. The number of para-hydroxylation sites is 1. The van der Waals surface area contributed by atoms with Crippen LogP contribution in [-0.4, -0.2) is 35.4 Å². The van der Waals surface area contributed by atoms with Crippen molar-refractivity contribution in [2.75, 3.05) is 6.61 Å². The second-order valence-corrected chi connectivity index (χ2v) is 10.9. The molecule has 0 saturated carbocycles. The van der Waals surface area contributed by atoms with Gasteiger partial charge in [-0.25, -0.2) is 0 Å². The van der Waals surface area contributed by atoms with Crippen molar-refractivity contribution < 1.29 is 14.3 Å². The van der Waals surface area contributed by atoms with Crippen LogP contribution >= 0.6 is 0 Å². The van der Waals surface area contributed by atoms with Crippen LogP contribution in [0.5, 0.6) is 5.75 Å². The van der Waals surface area contributed by atoms with Gasteiger partial charge in [0, 0.05) is 19.0 Å². The normalized spacial score (nSPS) is 12.2. The van der Waals surface area contributed by atoms with E-state index in [2.05, 4.69) is 26.1 Å². The number of amides is 2. The van der Waals surface area contributed by atoms with Gasteiger partial charge in [-0.3, -0.25) is 9.59 Å². The summed E-state index contributed by atoms with van der Waals surface area (Å²) in [5.41, 5.74) is 3.97. The Kier molecular flexibility index (Phi) is 9.51. The van der Waals surface area contributed by atoms with E-state index in [0.29, 0.717) is 18.7 Å². The van der Waals surface area contributed by atoms with Gasteiger partial charge >= 0.3 is 0 Å². The first-order valence-corrected chi connectivity index (χ1v) is 13.0. The van der Waals surface area contributed by atoms with E-state index in [1.807, 2.05) is 99.6 Å². The molecule has 0 spiro atoms. The highest BCUT2D eigenvalue weighted by Gasteiger charge is 2.31. The molecule has 3 aromatic rings. The fraction of sp³-hybridized carbons (Fsp3) is 0.375. The van der Waals surface area contributed by atoms with Gasteiger partial charge in [0.1, 0.15) is 11.8 Å². The molecule has 1 atom stereocenters. The summed E-state index contributed by atoms with van der Waals surface area (Å²) >= 11 is 0. The van der Waals surface area contributed by atoms with Crippen molar-refractivity contribution in [2.24, 2.45) is 0 Å². The zero-order chi connectivity index (χ0) is 27.0. The minimum atomic E-state index is -0.682. The lowest BCUT2D eigenvalue weighted by Gasteiger charge is -2.32. The van der Waals surface area contributed by atoms with Gasteiger partial charge < -0.3 is 15.0 Å². The Hall–Kier alpha value is -3.60. The first kappa shape index (κ1) is 28.0. The van der Waals surface area contributed by atoms with Gasteiger partial charge in [-0.2, -0.15) is 0 Å². The maximum Gasteiger partial charge on any atom is 0.261 e. The van der Waals surface area contributed by atoms with Crippen molar-refractivity contribution in [2.45, 2.75) is 72.0 Å². The Bertz CT molecular complexity index is 1180. The topological polar surface area (TPSA) is 58.6 Å². The number of rotatable bonds is 10. The van der Waals surface area contributed by atoms with Crippen molar-refractivity contribution in [1.82, 2.24) is 10.2 Å². The molecule has 37 heavy (non-hydrogen) atoms. The summed E-state index contributed by atoms with van der Waals surface area (Å²) < 4.78 is 6.11. The van der Waals surface area contributed by atoms with Gasteiger partial charge in [0.15, 0.2) is 6.61 Å². The van der Waals surface area contributed by atoms with Crippen LogP contribution in [0.3, 0.4) is 0 Å². The summed E-state index contributed by atoms with van der Waals surface area (Å²) in [5, 5.41) is 3.03. The monoisotopic (exact) mass is 500 g/mol. The highest BCUT2D eigenvalue weighted by atomic mass is 16.5. The van der Waals surface area contributed by atoms with Gasteiger partial charge in [-0.05, 0) is 54.5 Å². The SMILES string of the molecule is Cc1ccccc1CN(C(=O)COc1ccccc1C(C)(C)C)[C@@H](Cc1ccccc1)C(=O)NC(C)C. The fourth-order valence-electron chi connectivity index (χ4n) is 4.34. The van der Waals surface area contributed by atoms with Crippen LogP contribution in [0.1, 0.15) is 56.9 Å². The van der Waals surface area contributed by atoms with Crippen LogP contribution in [-0.2, 0) is 28.0 Å². The van der Waals surface area contributed by atoms with Crippen LogP contribution in [0.4, 0.5) is 0 Å². The summed E-state index contributed by atoms with van der Waals surface area (Å²) in [7, 11) is 0. The molecule has 196 valence electrons. The molecule has 0 aliphatic heterocycles. The fourth-order valence-corrected chi connectivity index (χ4v) is 4.34. The molecule has 0 heterocycles. The van der Waals surface area contributed by atoms with Crippen molar-refractivity contribution in [3.8, 4) is 5.75 Å². The van der Waals surface area contributed by atoms with E-state index in [4.69, 9.17) is 4.74 Å². The van der Waals surface area contributed by atoms with Gasteiger partial charge in [0.2, 0.25) is 5.91 Å². The molecule has 5 heteroatoms. The third kappa shape index (κ3) is 7.94. The number of carbonyl (C=O) groups excluding carboxylic acids is 2. The predicted molar refractivity (Wildman–Crippen MR) is 150 cm³/mol. The number of ether oxygens (including phenoxy) is 1. The predicted octanol–water partition coefficient (Wildman–Crippen LogP) is 5.84. The van der Waals surface area contributed by atoms with Crippen LogP contribution in [0.15, 0.2) is 78.9 Å². The quantitative estimate of drug-likeness (QED) is 0.381. The lowest BCUT2D eigenvalue weighted by Crippen LogP contribution is -2.53. The molecule has 1 N–H and O–H groups in total. The Morgan fingerprint density at radius 2 is 1.51 bits per heavy atom.